The van der Waals surface area contributed by atoms with Gasteiger partial charge < -0.3 is 10.6 Å². The highest BCUT2D eigenvalue weighted by Crippen LogP contribution is 2.43. The molecule has 3 atom stereocenters. The molecule has 2 saturated carbocycles. The van der Waals surface area contributed by atoms with Crippen molar-refractivity contribution < 1.29 is 4.79 Å². The minimum Gasteiger partial charge on any atom is -0.336 e. The van der Waals surface area contributed by atoms with E-state index in [2.05, 4.69) is 43.0 Å². The molecule has 1 amide bonds. The molecule has 2 N–H and O–H groups in total. The predicted octanol–water partition coefficient (Wildman–Crippen LogP) is 4.14. The van der Waals surface area contributed by atoms with Crippen molar-refractivity contribution in [2.24, 2.45) is 23.5 Å². The van der Waals surface area contributed by atoms with E-state index in [-0.39, 0.29) is 12.0 Å². The van der Waals surface area contributed by atoms with Crippen LogP contribution >= 0.6 is 0 Å². The molecule has 2 bridgehead atoms. The number of hydrogen-bond donors (Lipinski definition) is 1. The van der Waals surface area contributed by atoms with Crippen molar-refractivity contribution in [3.05, 3.63) is 35.9 Å². The van der Waals surface area contributed by atoms with Crippen molar-refractivity contribution in [1.82, 2.24) is 4.90 Å². The van der Waals surface area contributed by atoms with Gasteiger partial charge in [0.25, 0.3) is 0 Å². The summed E-state index contributed by atoms with van der Waals surface area (Å²) >= 11 is 0. The maximum absolute atomic E-state index is 13.3. The number of hydrogen-bond acceptors (Lipinski definition) is 2. The van der Waals surface area contributed by atoms with Crippen LogP contribution in [0.1, 0.15) is 64.0 Å². The first kappa shape index (κ1) is 17.5. The fraction of sp³-hybridized carbons (Fsp3) is 0.667. The summed E-state index contributed by atoms with van der Waals surface area (Å²) in [6.07, 6.45) is 6.68. The molecule has 0 radical (unpaired) electrons. The second kappa shape index (κ2) is 7.69. The Morgan fingerprint density at radius 3 is 2.33 bits per heavy atom. The zero-order valence-corrected chi connectivity index (χ0v) is 15.2. The van der Waals surface area contributed by atoms with Crippen LogP contribution in [0.3, 0.4) is 0 Å². The first-order valence-corrected chi connectivity index (χ1v) is 9.76. The Bertz CT molecular complexity index is 530. The van der Waals surface area contributed by atoms with Gasteiger partial charge in [-0.25, -0.2) is 0 Å². The highest BCUT2D eigenvalue weighted by Gasteiger charge is 2.42. The Morgan fingerprint density at radius 1 is 1.17 bits per heavy atom. The summed E-state index contributed by atoms with van der Waals surface area (Å²) in [7, 11) is 0. The molecule has 2 fully saturated rings. The lowest BCUT2D eigenvalue weighted by atomic mass is 9.65. The minimum atomic E-state index is 0.179. The van der Waals surface area contributed by atoms with E-state index in [1.165, 1.54) is 24.8 Å². The highest BCUT2D eigenvalue weighted by atomic mass is 16.2. The Morgan fingerprint density at radius 2 is 1.79 bits per heavy atom. The number of benzene rings is 1. The van der Waals surface area contributed by atoms with E-state index in [0.717, 1.165) is 25.8 Å². The van der Waals surface area contributed by atoms with Gasteiger partial charge in [0.1, 0.15) is 0 Å². The number of rotatable bonds is 5. The first-order valence-electron chi connectivity index (χ1n) is 9.76. The number of fused-ring (bicyclic) bond motifs is 2. The van der Waals surface area contributed by atoms with Crippen LogP contribution in [0.25, 0.3) is 0 Å². The third kappa shape index (κ3) is 3.37. The Kier molecular flexibility index (Phi) is 5.60. The average Bonchev–Trinajstić information content (AvgIpc) is 2.59. The molecule has 0 heterocycles. The molecule has 0 spiro atoms. The Balaban J connectivity index is 1.76. The van der Waals surface area contributed by atoms with Crippen LogP contribution in [0.15, 0.2) is 30.3 Å². The summed E-state index contributed by atoms with van der Waals surface area (Å²) in [6.45, 7) is 5.07. The van der Waals surface area contributed by atoms with Crippen molar-refractivity contribution >= 4 is 5.91 Å². The van der Waals surface area contributed by atoms with E-state index < -0.39 is 0 Å². The standard InChI is InChI=1S/C21H32N2O/c1-3-19(15-9-6-5-7-10-15)23(4-2)21(24)18-13-16-11-8-12-17(14-18)20(16)22/h5-7,9-10,16-20H,3-4,8,11-14,22H2,1-2H3. The summed E-state index contributed by atoms with van der Waals surface area (Å²) in [5, 5.41) is 0. The monoisotopic (exact) mass is 328 g/mol. The number of nitrogens with two attached hydrogens (primary N) is 1. The molecule has 3 heteroatoms. The van der Waals surface area contributed by atoms with Gasteiger partial charge in [-0.3, -0.25) is 4.79 Å². The van der Waals surface area contributed by atoms with Crippen molar-refractivity contribution in [3.63, 3.8) is 0 Å². The van der Waals surface area contributed by atoms with Crippen LogP contribution in [-0.4, -0.2) is 23.4 Å². The van der Waals surface area contributed by atoms with Gasteiger partial charge in [0.2, 0.25) is 5.91 Å². The van der Waals surface area contributed by atoms with Crippen LogP contribution in [0.5, 0.6) is 0 Å². The van der Waals surface area contributed by atoms with Crippen LogP contribution in [0.2, 0.25) is 0 Å². The predicted molar refractivity (Wildman–Crippen MR) is 98.4 cm³/mol. The van der Waals surface area contributed by atoms with Crippen LogP contribution < -0.4 is 5.73 Å². The van der Waals surface area contributed by atoms with Crippen molar-refractivity contribution in [2.75, 3.05) is 6.54 Å². The Labute approximate surface area is 146 Å². The van der Waals surface area contributed by atoms with Crippen molar-refractivity contribution in [3.8, 4) is 0 Å². The van der Waals surface area contributed by atoms with Crippen LogP contribution in [0, 0.1) is 17.8 Å². The first-order chi connectivity index (χ1) is 11.7. The van der Waals surface area contributed by atoms with Gasteiger partial charge in [-0.2, -0.15) is 0 Å². The van der Waals surface area contributed by atoms with Crippen molar-refractivity contribution in [2.45, 2.75) is 64.5 Å². The topological polar surface area (TPSA) is 46.3 Å². The molecule has 2 aliphatic carbocycles. The molecular weight excluding hydrogens is 296 g/mol. The average molecular weight is 329 g/mol. The van der Waals surface area contributed by atoms with Crippen molar-refractivity contribution in [1.29, 1.82) is 0 Å². The normalized spacial score (nSPS) is 30.6. The van der Waals surface area contributed by atoms with Gasteiger partial charge in [-0.15, -0.1) is 0 Å². The van der Waals surface area contributed by atoms with E-state index in [1.54, 1.807) is 0 Å². The van der Waals surface area contributed by atoms with Crippen LogP contribution in [-0.2, 0) is 4.79 Å². The molecule has 2 aliphatic rings. The summed E-state index contributed by atoms with van der Waals surface area (Å²) in [5.41, 5.74) is 7.66. The second-order valence-corrected chi connectivity index (χ2v) is 7.66. The zero-order valence-electron chi connectivity index (χ0n) is 15.2. The number of carbonyl (C=O) groups is 1. The van der Waals surface area contributed by atoms with Gasteiger partial charge in [0, 0.05) is 18.5 Å². The zero-order chi connectivity index (χ0) is 17.1. The molecule has 3 unspecified atom stereocenters. The quantitative estimate of drug-likeness (QED) is 0.883. The maximum Gasteiger partial charge on any atom is 0.226 e. The Hall–Kier alpha value is -1.35. The molecule has 3 nitrogen and oxygen atoms in total. The van der Waals surface area contributed by atoms with Gasteiger partial charge >= 0.3 is 0 Å². The summed E-state index contributed by atoms with van der Waals surface area (Å²) in [5.74, 6) is 1.65. The molecule has 0 aromatic heterocycles. The highest BCUT2D eigenvalue weighted by molar-refractivity contribution is 5.79. The molecule has 1 aromatic carbocycles. The molecule has 3 rings (SSSR count). The number of nitrogens with zero attached hydrogens (tertiary/aromatic N) is 1. The molecule has 0 saturated heterocycles. The van der Waals surface area contributed by atoms with Gasteiger partial charge in [-0.1, -0.05) is 43.7 Å². The lowest BCUT2D eigenvalue weighted by molar-refractivity contribution is -0.141. The van der Waals surface area contributed by atoms with Gasteiger partial charge in [-0.05, 0) is 56.4 Å². The minimum absolute atomic E-state index is 0.179. The SMILES string of the molecule is CCC(c1ccccc1)N(CC)C(=O)C1CC2CCCC(C1)C2N. The van der Waals surface area contributed by atoms with E-state index in [9.17, 15) is 4.79 Å². The molecular formula is C21H32N2O. The lowest BCUT2D eigenvalue weighted by Crippen LogP contribution is -2.50. The van der Waals surface area contributed by atoms with E-state index in [1.807, 2.05) is 6.07 Å². The summed E-state index contributed by atoms with van der Waals surface area (Å²) < 4.78 is 0. The summed E-state index contributed by atoms with van der Waals surface area (Å²) in [4.78, 5) is 15.4. The molecule has 1 aromatic rings. The van der Waals surface area contributed by atoms with Crippen LogP contribution in [0.4, 0.5) is 0 Å². The fourth-order valence-electron chi connectivity index (χ4n) is 5.07. The molecule has 24 heavy (non-hydrogen) atoms. The van der Waals surface area contributed by atoms with Gasteiger partial charge in [0.05, 0.1) is 6.04 Å². The third-order valence-electron chi connectivity index (χ3n) is 6.33. The fourth-order valence-corrected chi connectivity index (χ4v) is 5.07. The van der Waals surface area contributed by atoms with E-state index >= 15 is 0 Å². The molecule has 132 valence electrons. The second-order valence-electron chi connectivity index (χ2n) is 7.66. The van der Waals surface area contributed by atoms with Gasteiger partial charge in [0.15, 0.2) is 0 Å². The van der Waals surface area contributed by atoms with E-state index in [0.29, 0.717) is 23.8 Å². The van der Waals surface area contributed by atoms with E-state index in [4.69, 9.17) is 5.73 Å². The number of carbonyl (C=O) groups excluding carboxylic acids is 1. The summed E-state index contributed by atoms with van der Waals surface area (Å²) in [6, 6.07) is 11.0. The molecule has 0 aliphatic heterocycles. The largest absolute Gasteiger partial charge is 0.336 e. The smallest absolute Gasteiger partial charge is 0.226 e. The lowest BCUT2D eigenvalue weighted by Gasteiger charge is -2.45. The third-order valence-corrected chi connectivity index (χ3v) is 6.33. The maximum atomic E-state index is 13.3. The number of amides is 1.